The summed E-state index contributed by atoms with van der Waals surface area (Å²) in [6, 6.07) is 30.5. The van der Waals surface area contributed by atoms with Gasteiger partial charge in [-0.2, -0.15) is 8.75 Å². The first-order valence-corrected chi connectivity index (χ1v) is 18.5. The molecule has 3 aromatic heterocycles. The number of benzene rings is 4. The molecular formula is C40H39N3OS3. The van der Waals surface area contributed by atoms with E-state index in [1.165, 1.54) is 53.3 Å². The van der Waals surface area contributed by atoms with Gasteiger partial charge in [-0.05, 0) is 88.9 Å². The van der Waals surface area contributed by atoms with Crippen LogP contribution in [0.3, 0.4) is 0 Å². The summed E-state index contributed by atoms with van der Waals surface area (Å²) in [6.07, 6.45) is 2.08. The average Bonchev–Trinajstić information content (AvgIpc) is 3.76. The second-order valence-electron chi connectivity index (χ2n) is 13.5. The molecule has 0 radical (unpaired) electrons. The fourth-order valence-corrected chi connectivity index (χ4v) is 9.37. The molecule has 0 aliphatic carbocycles. The number of phenols is 1. The van der Waals surface area contributed by atoms with E-state index < -0.39 is 0 Å². The van der Waals surface area contributed by atoms with E-state index in [2.05, 4.69) is 119 Å². The van der Waals surface area contributed by atoms with Crippen LogP contribution in [0.1, 0.15) is 38.8 Å². The third-order valence-electron chi connectivity index (χ3n) is 8.52. The normalized spacial score (nSPS) is 11.8. The van der Waals surface area contributed by atoms with Crippen molar-refractivity contribution in [3.63, 3.8) is 0 Å². The molecule has 0 spiro atoms. The molecular weight excluding hydrogens is 635 g/mol. The van der Waals surface area contributed by atoms with Crippen LogP contribution in [0, 0.1) is 11.8 Å². The highest BCUT2D eigenvalue weighted by atomic mass is 32.1. The molecule has 4 aromatic carbocycles. The number of aromatic hydroxyl groups is 1. The van der Waals surface area contributed by atoms with Crippen LogP contribution in [0.4, 0.5) is 5.69 Å². The van der Waals surface area contributed by atoms with Crippen LogP contribution in [0.15, 0.2) is 84.9 Å². The Morgan fingerprint density at radius 1 is 0.596 bits per heavy atom. The van der Waals surface area contributed by atoms with Crippen molar-refractivity contribution in [1.82, 2.24) is 8.75 Å². The number of phenolic OH excluding ortho intramolecular Hbond substituents is 1. The lowest BCUT2D eigenvalue weighted by atomic mass is 9.91. The van der Waals surface area contributed by atoms with Gasteiger partial charge in [0.2, 0.25) is 0 Å². The van der Waals surface area contributed by atoms with Gasteiger partial charge in [-0.25, -0.2) is 0 Å². The molecule has 7 rings (SSSR count). The molecule has 0 saturated heterocycles. The number of nitrogens with zero attached hydrogens (tertiary/aromatic N) is 3. The van der Waals surface area contributed by atoms with Gasteiger partial charge in [-0.3, -0.25) is 0 Å². The third kappa shape index (κ3) is 6.45. The minimum Gasteiger partial charge on any atom is -0.507 e. The van der Waals surface area contributed by atoms with Gasteiger partial charge in [0.1, 0.15) is 16.8 Å². The Kier molecular flexibility index (Phi) is 8.64. The first-order chi connectivity index (χ1) is 22.6. The van der Waals surface area contributed by atoms with Crippen LogP contribution in [-0.4, -0.2) is 27.9 Å². The SMILES string of the molecule is CC(C)Cc1cc(CC(C)C)cc(-c2ccc(-c3ccc(-c4cc5sc(-c6ccc(N(C)C)cc6)cc5s4)c4nsnc34)c(O)c2)c1. The van der Waals surface area contributed by atoms with Crippen molar-refractivity contribution in [2.75, 3.05) is 19.0 Å². The van der Waals surface area contributed by atoms with Crippen LogP contribution < -0.4 is 4.90 Å². The zero-order valence-corrected chi connectivity index (χ0v) is 30.1. The number of hydrogen-bond acceptors (Lipinski definition) is 7. The molecule has 0 aliphatic heterocycles. The molecule has 1 N–H and O–H groups in total. The largest absolute Gasteiger partial charge is 0.507 e. The summed E-state index contributed by atoms with van der Waals surface area (Å²) in [5.74, 6) is 1.42. The van der Waals surface area contributed by atoms with Crippen molar-refractivity contribution >= 4 is 60.5 Å². The molecule has 4 nitrogen and oxygen atoms in total. The fraction of sp³-hybridized carbons (Fsp3) is 0.250. The summed E-state index contributed by atoms with van der Waals surface area (Å²) in [4.78, 5) is 4.58. The van der Waals surface area contributed by atoms with E-state index >= 15 is 0 Å². The predicted molar refractivity (Wildman–Crippen MR) is 205 cm³/mol. The zero-order chi connectivity index (χ0) is 32.8. The maximum atomic E-state index is 11.4. The lowest BCUT2D eigenvalue weighted by Gasteiger charge is -2.14. The van der Waals surface area contributed by atoms with Crippen molar-refractivity contribution in [2.24, 2.45) is 11.8 Å². The van der Waals surface area contributed by atoms with Gasteiger partial charge in [0.25, 0.3) is 0 Å². The van der Waals surface area contributed by atoms with E-state index in [0.29, 0.717) is 11.8 Å². The highest BCUT2D eigenvalue weighted by molar-refractivity contribution is 7.31. The molecule has 7 heteroatoms. The Bertz CT molecular complexity index is 2140. The topological polar surface area (TPSA) is 49.2 Å². The van der Waals surface area contributed by atoms with Crippen LogP contribution >= 0.6 is 34.4 Å². The van der Waals surface area contributed by atoms with E-state index in [1.54, 1.807) is 11.3 Å². The predicted octanol–water partition coefficient (Wildman–Crippen LogP) is 11.8. The Hall–Kier alpha value is -4.04. The average molecular weight is 674 g/mol. The summed E-state index contributed by atoms with van der Waals surface area (Å²) < 4.78 is 12.0. The van der Waals surface area contributed by atoms with E-state index in [-0.39, 0.29) is 5.75 Å². The zero-order valence-electron chi connectivity index (χ0n) is 27.7. The van der Waals surface area contributed by atoms with Crippen LogP contribution in [0.25, 0.3) is 63.6 Å². The second kappa shape index (κ2) is 12.9. The number of rotatable bonds is 9. The summed E-state index contributed by atoms with van der Waals surface area (Å²) in [7, 11) is 4.13. The molecule has 0 atom stereocenters. The van der Waals surface area contributed by atoms with Gasteiger partial charge in [0.15, 0.2) is 0 Å². The number of aromatic nitrogens is 2. The van der Waals surface area contributed by atoms with Crippen molar-refractivity contribution < 1.29 is 5.11 Å². The monoisotopic (exact) mass is 673 g/mol. The number of anilines is 1. The van der Waals surface area contributed by atoms with Crippen LogP contribution in [0.2, 0.25) is 0 Å². The minimum absolute atomic E-state index is 0.256. The van der Waals surface area contributed by atoms with Gasteiger partial charge in [0.05, 0.1) is 11.7 Å². The van der Waals surface area contributed by atoms with Gasteiger partial charge in [-0.15, -0.1) is 22.7 Å². The fourth-order valence-electron chi connectivity index (χ4n) is 6.36. The quantitative estimate of drug-likeness (QED) is 0.166. The van der Waals surface area contributed by atoms with Gasteiger partial charge < -0.3 is 10.0 Å². The standard InChI is InChI=1S/C40H39N3OS3/c1-23(2)15-25-17-26(16-24(3)4)19-29(18-25)28-9-12-31(34(44)20-28)32-13-14-33(40-39(32)41-47-42-40)36-22-38-37(46-36)21-35(45-38)27-7-10-30(11-8-27)43(5)6/h7-14,17-24,44H,15-16H2,1-6H3. The lowest BCUT2D eigenvalue weighted by Crippen LogP contribution is -2.07. The van der Waals surface area contributed by atoms with E-state index in [0.717, 1.165) is 51.7 Å². The molecule has 0 unspecified atom stereocenters. The van der Waals surface area contributed by atoms with E-state index in [9.17, 15) is 5.11 Å². The van der Waals surface area contributed by atoms with E-state index in [1.807, 2.05) is 23.5 Å². The summed E-state index contributed by atoms with van der Waals surface area (Å²) in [6.45, 7) is 9.05. The molecule has 0 fully saturated rings. The Morgan fingerprint density at radius 3 is 1.77 bits per heavy atom. The lowest BCUT2D eigenvalue weighted by molar-refractivity contribution is 0.477. The molecule has 47 heavy (non-hydrogen) atoms. The van der Waals surface area contributed by atoms with Gasteiger partial charge in [-0.1, -0.05) is 76.2 Å². The van der Waals surface area contributed by atoms with E-state index in [4.69, 9.17) is 8.75 Å². The van der Waals surface area contributed by atoms with Crippen molar-refractivity contribution in [1.29, 1.82) is 0 Å². The third-order valence-corrected chi connectivity index (χ3v) is 11.4. The van der Waals surface area contributed by atoms with Crippen molar-refractivity contribution in [3.05, 3.63) is 96.1 Å². The van der Waals surface area contributed by atoms with Gasteiger partial charge >= 0.3 is 0 Å². The number of hydrogen-bond donors (Lipinski definition) is 1. The molecule has 0 saturated carbocycles. The molecule has 0 amide bonds. The maximum Gasteiger partial charge on any atom is 0.124 e. The Morgan fingerprint density at radius 2 is 1.15 bits per heavy atom. The Balaban J connectivity index is 1.20. The molecule has 7 aromatic rings. The Labute approximate surface area is 289 Å². The number of fused-ring (bicyclic) bond motifs is 2. The van der Waals surface area contributed by atoms with Crippen molar-refractivity contribution in [2.45, 2.75) is 40.5 Å². The molecule has 3 heterocycles. The molecule has 238 valence electrons. The maximum absolute atomic E-state index is 11.4. The smallest absolute Gasteiger partial charge is 0.124 e. The first kappa shape index (κ1) is 31.6. The molecule has 0 aliphatic rings. The second-order valence-corrected chi connectivity index (χ2v) is 16.2. The highest BCUT2D eigenvalue weighted by Gasteiger charge is 2.19. The summed E-state index contributed by atoms with van der Waals surface area (Å²) >= 11 is 4.84. The minimum atomic E-state index is 0.256. The van der Waals surface area contributed by atoms with Crippen LogP contribution in [-0.2, 0) is 12.8 Å². The highest BCUT2D eigenvalue weighted by Crippen LogP contribution is 2.45. The summed E-state index contributed by atoms with van der Waals surface area (Å²) in [5, 5.41) is 11.4. The van der Waals surface area contributed by atoms with Crippen LogP contribution in [0.5, 0.6) is 5.75 Å². The van der Waals surface area contributed by atoms with Gasteiger partial charge in [0, 0.05) is 55.6 Å². The molecule has 0 bridgehead atoms. The van der Waals surface area contributed by atoms with Crippen molar-refractivity contribution in [3.8, 4) is 48.9 Å². The summed E-state index contributed by atoms with van der Waals surface area (Å²) in [5.41, 5.74) is 11.8. The first-order valence-electron chi connectivity index (χ1n) is 16.2. The number of thiophene rings is 2.